The number of ether oxygens (including phenoxy) is 5. The standard InChI is InChI=1S/C44H65N3O9/c1-4-7-26-53-43(50)47(19-5-2)39-31-37(45-56-40-16-10-13-27-52-40)35-29-32(14-8-11-23-48)34(15-9-12-24-49)41-36-30-33(51-28-22-46-20-21-46)17-18-38(36)55-44(39,42(35)41)54-25-6-3/h4,6,17-18,29-30,32,34,39-42,48-49H,1,3,5,7-16,19-28,31H2,2H3/t32-,34+,39-,40?,41+,42+,44+/m0/s1. The van der Waals surface area contributed by atoms with Crippen LogP contribution in [0, 0.1) is 17.8 Å². The second kappa shape index (κ2) is 20.8. The highest BCUT2D eigenvalue weighted by Crippen LogP contribution is 2.62. The number of unbranched alkanes of at least 4 members (excludes halogenated alkanes) is 2. The van der Waals surface area contributed by atoms with Gasteiger partial charge in [0, 0.05) is 63.7 Å². The van der Waals surface area contributed by atoms with E-state index >= 15 is 0 Å². The zero-order valence-corrected chi connectivity index (χ0v) is 33.5. The molecule has 0 aromatic heterocycles. The minimum Gasteiger partial charge on any atom is -0.492 e. The van der Waals surface area contributed by atoms with E-state index < -0.39 is 30.1 Å². The van der Waals surface area contributed by atoms with E-state index in [1.54, 1.807) is 17.1 Å². The minimum atomic E-state index is -1.34. The summed E-state index contributed by atoms with van der Waals surface area (Å²) in [5, 5.41) is 24.7. The van der Waals surface area contributed by atoms with Gasteiger partial charge in [-0.1, -0.05) is 43.1 Å². The molecule has 0 bridgehead atoms. The van der Waals surface area contributed by atoms with Gasteiger partial charge in [-0.25, -0.2) is 4.79 Å². The topological polar surface area (TPSA) is 132 Å². The van der Waals surface area contributed by atoms with Gasteiger partial charge in [0.2, 0.25) is 12.1 Å². The molecule has 2 saturated heterocycles. The number of oxime groups is 1. The van der Waals surface area contributed by atoms with Crippen LogP contribution < -0.4 is 9.47 Å². The number of allylic oxidation sites excluding steroid dienone is 1. The van der Waals surface area contributed by atoms with Gasteiger partial charge in [-0.3, -0.25) is 9.80 Å². The predicted octanol–water partition coefficient (Wildman–Crippen LogP) is 6.97. The molecule has 3 fully saturated rings. The van der Waals surface area contributed by atoms with E-state index in [9.17, 15) is 15.0 Å². The Morgan fingerprint density at radius 2 is 1.91 bits per heavy atom. The van der Waals surface area contributed by atoms with Crippen LogP contribution in [0.1, 0.15) is 95.5 Å². The molecule has 2 N–H and O–H groups in total. The van der Waals surface area contributed by atoms with E-state index in [2.05, 4.69) is 30.2 Å². The second-order valence-corrected chi connectivity index (χ2v) is 15.7. The third kappa shape index (κ3) is 9.99. The van der Waals surface area contributed by atoms with E-state index in [0.717, 1.165) is 87.2 Å². The maximum atomic E-state index is 14.2. The SMILES string of the molecule is C=CCCOC(=O)N(CCC)[C@H]1CC(=NOC2CCCCO2)C2=C[C@H](CCCCO)[C@@H](CCCCO)[C@@H]3c4cc(OCCN5CC5)ccc4O[C@@]1(OCC=C)[C@H]23. The number of fused-ring (bicyclic) bond motifs is 2. The largest absolute Gasteiger partial charge is 0.492 e. The Labute approximate surface area is 333 Å². The van der Waals surface area contributed by atoms with Crippen molar-refractivity contribution in [1.82, 2.24) is 9.80 Å². The Kier molecular flexibility index (Phi) is 15.7. The Balaban J connectivity index is 1.53. The molecule has 12 heteroatoms. The van der Waals surface area contributed by atoms with Crippen molar-refractivity contribution in [1.29, 1.82) is 0 Å². The summed E-state index contributed by atoms with van der Waals surface area (Å²) >= 11 is 0. The highest BCUT2D eigenvalue weighted by Gasteiger charge is 2.65. The van der Waals surface area contributed by atoms with Crippen LogP contribution in [0.25, 0.3) is 0 Å². The normalized spacial score (nSPS) is 28.6. The third-order valence-corrected chi connectivity index (χ3v) is 11.9. The van der Waals surface area contributed by atoms with Crippen molar-refractivity contribution >= 4 is 11.8 Å². The zero-order chi connectivity index (χ0) is 39.3. The van der Waals surface area contributed by atoms with E-state index in [-0.39, 0.29) is 44.2 Å². The quantitative estimate of drug-likeness (QED) is 0.0520. The number of aliphatic hydroxyl groups is 2. The highest BCUT2D eigenvalue weighted by molar-refractivity contribution is 6.03. The molecule has 310 valence electrons. The molecule has 0 spiro atoms. The van der Waals surface area contributed by atoms with Crippen LogP contribution in [0.5, 0.6) is 11.5 Å². The van der Waals surface area contributed by atoms with Gasteiger partial charge in [-0.05, 0) is 87.0 Å². The number of carbonyl (C=O) groups excluding carboxylic acids is 1. The van der Waals surface area contributed by atoms with E-state index in [1.165, 1.54) is 0 Å². The van der Waals surface area contributed by atoms with Crippen LogP contribution in [-0.2, 0) is 19.0 Å². The number of aliphatic hydroxyl groups excluding tert-OH is 2. The molecule has 2 aliphatic carbocycles. The van der Waals surface area contributed by atoms with Crippen molar-refractivity contribution in [2.75, 3.05) is 65.8 Å². The van der Waals surface area contributed by atoms with Crippen LogP contribution in [-0.4, -0.2) is 116 Å². The molecule has 1 amide bonds. The molecule has 5 aliphatic rings. The lowest BCUT2D eigenvalue weighted by atomic mass is 9.55. The second-order valence-electron chi connectivity index (χ2n) is 15.7. The van der Waals surface area contributed by atoms with Gasteiger partial charge < -0.3 is 38.7 Å². The summed E-state index contributed by atoms with van der Waals surface area (Å²) in [6, 6.07) is 5.47. The van der Waals surface area contributed by atoms with E-state index in [0.29, 0.717) is 57.6 Å². The van der Waals surface area contributed by atoms with Gasteiger partial charge in [-0.15, -0.1) is 13.2 Å². The van der Waals surface area contributed by atoms with Gasteiger partial charge in [0.1, 0.15) is 24.1 Å². The Bertz CT molecular complexity index is 1510. The molecule has 3 heterocycles. The van der Waals surface area contributed by atoms with Crippen molar-refractivity contribution in [3.63, 3.8) is 0 Å². The molecular formula is C44H65N3O9. The number of rotatable bonds is 23. The van der Waals surface area contributed by atoms with E-state index in [1.807, 2.05) is 19.1 Å². The van der Waals surface area contributed by atoms with E-state index in [4.69, 9.17) is 33.7 Å². The molecule has 1 aromatic rings. The first-order chi connectivity index (χ1) is 27.5. The lowest BCUT2D eigenvalue weighted by Crippen LogP contribution is -2.70. The van der Waals surface area contributed by atoms with Crippen LogP contribution in [0.4, 0.5) is 4.79 Å². The molecule has 1 unspecified atom stereocenters. The van der Waals surface area contributed by atoms with Crippen LogP contribution in [0.15, 0.2) is 60.3 Å². The average molecular weight is 780 g/mol. The first-order valence-corrected chi connectivity index (χ1v) is 21.2. The number of benzene rings is 1. The van der Waals surface area contributed by atoms with Gasteiger partial charge in [0.05, 0.1) is 31.5 Å². The molecule has 1 saturated carbocycles. The summed E-state index contributed by atoms with van der Waals surface area (Å²) in [5.74, 6) is -0.121. The number of hydrogen-bond donors (Lipinski definition) is 2. The fraction of sp³-hybridized carbons (Fsp3) is 0.682. The maximum Gasteiger partial charge on any atom is 0.410 e. The minimum absolute atomic E-state index is 0.123. The van der Waals surface area contributed by atoms with Crippen LogP contribution in [0.3, 0.4) is 0 Å². The molecular weight excluding hydrogens is 714 g/mol. The molecule has 12 nitrogen and oxygen atoms in total. The van der Waals surface area contributed by atoms with Gasteiger partial charge in [-0.2, -0.15) is 0 Å². The molecule has 3 aliphatic heterocycles. The number of nitrogens with zero attached hydrogens (tertiary/aromatic N) is 3. The highest BCUT2D eigenvalue weighted by atomic mass is 16.8. The Morgan fingerprint density at radius 1 is 1.09 bits per heavy atom. The smallest absolute Gasteiger partial charge is 0.410 e. The summed E-state index contributed by atoms with van der Waals surface area (Å²) in [6.45, 7) is 15.3. The van der Waals surface area contributed by atoms with Crippen molar-refractivity contribution in [3.8, 4) is 11.5 Å². The van der Waals surface area contributed by atoms with Crippen molar-refractivity contribution < 1.29 is 43.5 Å². The third-order valence-electron chi connectivity index (χ3n) is 11.9. The number of carbonyl (C=O) groups is 1. The lowest BCUT2D eigenvalue weighted by Gasteiger charge is -2.60. The summed E-state index contributed by atoms with van der Waals surface area (Å²) in [5.41, 5.74) is 2.78. The summed E-state index contributed by atoms with van der Waals surface area (Å²) in [7, 11) is 0. The van der Waals surface area contributed by atoms with Gasteiger partial charge in [0.15, 0.2) is 0 Å². The zero-order valence-electron chi connectivity index (χ0n) is 33.5. The van der Waals surface area contributed by atoms with Crippen molar-refractivity contribution in [3.05, 3.63) is 60.7 Å². The summed E-state index contributed by atoms with van der Waals surface area (Å²) in [4.78, 5) is 24.5. The summed E-state index contributed by atoms with van der Waals surface area (Å²) < 4.78 is 32.6. The molecule has 0 radical (unpaired) electrons. The first kappa shape index (κ1) is 42.2. The molecule has 56 heavy (non-hydrogen) atoms. The number of hydrogen-bond acceptors (Lipinski definition) is 11. The van der Waals surface area contributed by atoms with Crippen molar-refractivity contribution in [2.24, 2.45) is 22.9 Å². The Morgan fingerprint density at radius 3 is 2.62 bits per heavy atom. The molecule has 6 rings (SSSR count). The van der Waals surface area contributed by atoms with Gasteiger partial charge in [0.25, 0.3) is 0 Å². The fourth-order valence-electron chi connectivity index (χ4n) is 9.17. The average Bonchev–Trinajstić information content (AvgIpc) is 4.05. The predicted molar refractivity (Wildman–Crippen MR) is 215 cm³/mol. The first-order valence-electron chi connectivity index (χ1n) is 21.2. The van der Waals surface area contributed by atoms with Crippen LogP contribution in [0.2, 0.25) is 0 Å². The number of amides is 1. The van der Waals surface area contributed by atoms with Crippen molar-refractivity contribution in [2.45, 2.75) is 108 Å². The molecule has 7 atom stereocenters. The lowest BCUT2D eigenvalue weighted by molar-refractivity contribution is -0.255. The Hall–Kier alpha value is -3.42. The van der Waals surface area contributed by atoms with Crippen LogP contribution >= 0.6 is 0 Å². The maximum absolute atomic E-state index is 14.2. The fourth-order valence-corrected chi connectivity index (χ4v) is 9.17. The summed E-state index contributed by atoms with van der Waals surface area (Å²) in [6.07, 6.45) is 14.1. The molecule has 1 aromatic carbocycles. The monoisotopic (exact) mass is 779 g/mol. The van der Waals surface area contributed by atoms with Gasteiger partial charge >= 0.3 is 6.09 Å².